The molecule has 0 aromatic heterocycles. The minimum atomic E-state index is -4.07. The van der Waals surface area contributed by atoms with Gasteiger partial charge in [0.1, 0.15) is 10.4 Å². The number of halogens is 2. The van der Waals surface area contributed by atoms with Crippen LogP contribution in [0.5, 0.6) is 0 Å². The molecular formula is C2H4Cl2NO4S2. The first kappa shape index (κ1) is 11.4. The van der Waals surface area contributed by atoms with E-state index in [1.807, 2.05) is 0 Å². The summed E-state index contributed by atoms with van der Waals surface area (Å²) < 4.78 is 44.2. The van der Waals surface area contributed by atoms with Crippen LogP contribution in [0.1, 0.15) is 0 Å². The third-order valence-corrected chi connectivity index (χ3v) is 4.53. The van der Waals surface area contributed by atoms with Crippen LogP contribution < -0.4 is 4.13 Å². The number of alkyl halides is 2. The molecule has 0 aliphatic carbocycles. The van der Waals surface area contributed by atoms with Gasteiger partial charge >= 0.3 is 0 Å². The van der Waals surface area contributed by atoms with Gasteiger partial charge in [-0.3, -0.25) is 0 Å². The Morgan fingerprint density at radius 1 is 0.909 bits per heavy atom. The topological polar surface area (TPSA) is 82.4 Å². The van der Waals surface area contributed by atoms with Gasteiger partial charge < -0.3 is 0 Å². The quantitative estimate of drug-likeness (QED) is 0.629. The molecule has 0 unspecified atom stereocenters. The van der Waals surface area contributed by atoms with E-state index in [0.29, 0.717) is 0 Å². The molecular weight excluding hydrogens is 237 g/mol. The molecule has 0 atom stereocenters. The van der Waals surface area contributed by atoms with Crippen LogP contribution in [-0.4, -0.2) is 27.3 Å². The van der Waals surface area contributed by atoms with Crippen molar-refractivity contribution in [2.24, 2.45) is 0 Å². The summed E-state index contributed by atoms with van der Waals surface area (Å²) >= 11 is 9.73. The van der Waals surface area contributed by atoms with Crippen LogP contribution in [0.3, 0.4) is 0 Å². The highest BCUT2D eigenvalue weighted by atomic mass is 35.5. The highest BCUT2D eigenvalue weighted by Gasteiger charge is 2.20. The molecule has 0 aliphatic heterocycles. The maximum Gasteiger partial charge on any atom is 0.256 e. The van der Waals surface area contributed by atoms with Crippen molar-refractivity contribution in [3.05, 3.63) is 0 Å². The molecule has 0 aromatic rings. The standard InChI is InChI=1S/C2H4Cl2NO4S2/c3-1-10(6,7)5-11(8,9)2-4/h1-2H2. The van der Waals surface area contributed by atoms with Crippen LogP contribution in [0.2, 0.25) is 0 Å². The monoisotopic (exact) mass is 240 g/mol. The Bertz CT molecular complexity index is 273. The highest BCUT2D eigenvalue weighted by Crippen LogP contribution is 1.97. The molecule has 0 N–H and O–H groups in total. The number of hydrogen-bond donors (Lipinski definition) is 0. The summed E-state index contributed by atoms with van der Waals surface area (Å²) in [5.74, 6) is 0. The summed E-state index contributed by atoms with van der Waals surface area (Å²) in [5.41, 5.74) is 0. The molecule has 5 nitrogen and oxygen atoms in total. The van der Waals surface area contributed by atoms with Crippen molar-refractivity contribution in [1.29, 1.82) is 0 Å². The van der Waals surface area contributed by atoms with Crippen molar-refractivity contribution in [2.45, 2.75) is 0 Å². The molecule has 11 heavy (non-hydrogen) atoms. The molecule has 0 saturated heterocycles. The molecule has 9 heteroatoms. The van der Waals surface area contributed by atoms with E-state index in [0.717, 1.165) is 0 Å². The Morgan fingerprint density at radius 2 is 1.18 bits per heavy atom. The maximum atomic E-state index is 10.4. The number of nitrogens with zero attached hydrogens (tertiary/aromatic N) is 1. The van der Waals surface area contributed by atoms with Crippen molar-refractivity contribution in [2.75, 3.05) is 10.4 Å². The van der Waals surface area contributed by atoms with Crippen molar-refractivity contribution in [1.82, 2.24) is 4.13 Å². The molecule has 0 saturated carbocycles. The minimum Gasteiger partial charge on any atom is -0.209 e. The third-order valence-electron chi connectivity index (χ3n) is 0.503. The Kier molecular flexibility index (Phi) is 4.06. The molecule has 0 amide bonds. The second-order valence-electron chi connectivity index (χ2n) is 1.46. The van der Waals surface area contributed by atoms with Gasteiger partial charge in [-0.25, -0.2) is 16.8 Å². The summed E-state index contributed by atoms with van der Waals surface area (Å²) in [6.45, 7) is 0. The van der Waals surface area contributed by atoms with Gasteiger partial charge in [-0.15, -0.1) is 23.2 Å². The van der Waals surface area contributed by atoms with E-state index < -0.39 is 30.5 Å². The average Bonchev–Trinajstić information content (AvgIpc) is 1.86. The minimum absolute atomic E-state index is 0.872. The maximum absolute atomic E-state index is 10.4. The molecule has 1 radical (unpaired) electrons. The van der Waals surface area contributed by atoms with Crippen molar-refractivity contribution in [3.8, 4) is 0 Å². The normalized spacial score (nSPS) is 13.3. The van der Waals surface area contributed by atoms with Crippen LogP contribution in [0.15, 0.2) is 0 Å². The van der Waals surface area contributed by atoms with Crippen LogP contribution in [0.25, 0.3) is 0 Å². The van der Waals surface area contributed by atoms with E-state index in [4.69, 9.17) is 23.2 Å². The fourth-order valence-electron chi connectivity index (χ4n) is 0.213. The summed E-state index contributed by atoms with van der Waals surface area (Å²) in [5, 5.41) is -1.74. The van der Waals surface area contributed by atoms with Gasteiger partial charge in [0.15, 0.2) is 0 Å². The lowest BCUT2D eigenvalue weighted by molar-refractivity contribution is 0.581. The second-order valence-corrected chi connectivity index (χ2v) is 6.13. The lowest BCUT2D eigenvalue weighted by atomic mass is 11.9. The first-order valence-corrected chi connectivity index (χ1v) is 6.43. The Balaban J connectivity index is 4.54. The van der Waals surface area contributed by atoms with Gasteiger partial charge in [0.05, 0.1) is 0 Å². The smallest absolute Gasteiger partial charge is 0.209 e. The van der Waals surface area contributed by atoms with Crippen LogP contribution in [0.4, 0.5) is 0 Å². The molecule has 0 bridgehead atoms. The SMILES string of the molecule is O=S(=O)(CCl)[N]S(=O)(=O)CCl. The predicted molar refractivity (Wildman–Crippen MR) is 41.4 cm³/mol. The van der Waals surface area contributed by atoms with Crippen molar-refractivity contribution >= 4 is 43.2 Å². The van der Waals surface area contributed by atoms with Gasteiger partial charge in [0.25, 0.3) is 20.0 Å². The number of hydrogen-bond acceptors (Lipinski definition) is 4. The number of sulfonamides is 2. The third kappa shape index (κ3) is 4.81. The van der Waals surface area contributed by atoms with Gasteiger partial charge in [-0.2, -0.15) is 0 Å². The van der Waals surface area contributed by atoms with E-state index in [-0.39, 0.29) is 0 Å². The van der Waals surface area contributed by atoms with Crippen LogP contribution >= 0.6 is 23.2 Å². The summed E-state index contributed by atoms with van der Waals surface area (Å²) in [4.78, 5) is 0. The molecule has 0 aromatic carbocycles. The van der Waals surface area contributed by atoms with E-state index in [9.17, 15) is 16.8 Å². The zero-order valence-electron chi connectivity index (χ0n) is 5.07. The zero-order valence-corrected chi connectivity index (χ0v) is 8.21. The van der Waals surface area contributed by atoms with Gasteiger partial charge in [-0.1, -0.05) is 0 Å². The second kappa shape index (κ2) is 3.90. The van der Waals surface area contributed by atoms with E-state index in [1.54, 1.807) is 0 Å². The van der Waals surface area contributed by atoms with E-state index in [2.05, 4.69) is 4.13 Å². The molecule has 67 valence electrons. The van der Waals surface area contributed by atoms with E-state index in [1.165, 1.54) is 0 Å². The van der Waals surface area contributed by atoms with Crippen LogP contribution in [0, 0.1) is 0 Å². The Morgan fingerprint density at radius 3 is 1.36 bits per heavy atom. The zero-order chi connectivity index (χ0) is 9.12. The Labute approximate surface area is 74.8 Å². The first-order valence-electron chi connectivity index (χ1n) is 2.14. The van der Waals surface area contributed by atoms with Gasteiger partial charge in [0, 0.05) is 4.13 Å². The molecule has 0 spiro atoms. The molecule has 0 heterocycles. The summed E-state index contributed by atoms with van der Waals surface area (Å²) in [6.07, 6.45) is 0. The van der Waals surface area contributed by atoms with Gasteiger partial charge in [-0.05, 0) is 0 Å². The highest BCUT2D eigenvalue weighted by molar-refractivity contribution is 8.05. The Hall–Kier alpha value is 0.440. The molecule has 0 rings (SSSR count). The average molecular weight is 241 g/mol. The lowest BCUT2D eigenvalue weighted by Crippen LogP contribution is -2.24. The fourth-order valence-corrected chi connectivity index (χ4v) is 2.63. The van der Waals surface area contributed by atoms with Gasteiger partial charge in [0.2, 0.25) is 0 Å². The number of rotatable bonds is 4. The van der Waals surface area contributed by atoms with E-state index >= 15 is 0 Å². The van der Waals surface area contributed by atoms with Crippen LogP contribution in [-0.2, 0) is 20.0 Å². The largest absolute Gasteiger partial charge is 0.256 e. The fraction of sp³-hybridized carbons (Fsp3) is 1.00. The van der Waals surface area contributed by atoms with Crippen molar-refractivity contribution < 1.29 is 16.8 Å². The summed E-state index contributed by atoms with van der Waals surface area (Å²) in [7, 11) is -8.14. The predicted octanol–water partition coefficient (Wildman–Crippen LogP) is -0.357. The summed E-state index contributed by atoms with van der Waals surface area (Å²) in [6, 6.07) is 0. The first-order chi connectivity index (χ1) is 4.83. The molecule has 0 fully saturated rings. The van der Waals surface area contributed by atoms with Crippen molar-refractivity contribution in [3.63, 3.8) is 0 Å². The molecule has 0 aliphatic rings. The lowest BCUT2D eigenvalue weighted by Gasteiger charge is -1.96.